The standard InChI is InChI=1S/C5H9NO.H3O4P.H2O/c7-5-1-3-6-4-2-5;1-5(2,3)4;/h6H,1-4H2;(H3,1,2,3,4);1H2. The highest BCUT2D eigenvalue weighted by molar-refractivity contribution is 7.45. The van der Waals surface area contributed by atoms with Crippen molar-refractivity contribution in [3.8, 4) is 0 Å². The van der Waals surface area contributed by atoms with Crippen LogP contribution in [0.25, 0.3) is 0 Å². The van der Waals surface area contributed by atoms with E-state index in [4.69, 9.17) is 19.2 Å². The van der Waals surface area contributed by atoms with E-state index in [-0.39, 0.29) is 5.48 Å². The Morgan fingerprint density at radius 3 is 1.62 bits per heavy atom. The molecular weight excluding hydrogens is 201 g/mol. The molecule has 1 heterocycles. The van der Waals surface area contributed by atoms with Crippen molar-refractivity contribution in [3.05, 3.63) is 0 Å². The average Bonchev–Trinajstić information content (AvgIpc) is 1.85. The summed E-state index contributed by atoms with van der Waals surface area (Å²) >= 11 is 0. The van der Waals surface area contributed by atoms with E-state index < -0.39 is 7.82 Å². The van der Waals surface area contributed by atoms with Crippen molar-refractivity contribution in [1.29, 1.82) is 0 Å². The van der Waals surface area contributed by atoms with Crippen LogP contribution in [0.15, 0.2) is 0 Å². The summed E-state index contributed by atoms with van der Waals surface area (Å²) in [6.07, 6.45) is 1.47. The zero-order chi connectivity index (χ0) is 9.61. The Balaban J connectivity index is 0. The molecule has 1 fully saturated rings. The minimum absolute atomic E-state index is 0. The third kappa shape index (κ3) is 18.6. The van der Waals surface area contributed by atoms with Gasteiger partial charge in [-0.2, -0.15) is 0 Å². The maximum atomic E-state index is 10.4. The first-order chi connectivity index (χ1) is 5.39. The van der Waals surface area contributed by atoms with Gasteiger partial charge in [-0.3, -0.25) is 4.79 Å². The van der Waals surface area contributed by atoms with Crippen LogP contribution in [0, 0.1) is 0 Å². The Morgan fingerprint density at radius 1 is 1.15 bits per heavy atom. The minimum atomic E-state index is -4.64. The number of Topliss-reactive ketones (excluding diaryl/α,β-unsaturated/α-hetero) is 1. The van der Waals surface area contributed by atoms with E-state index in [0.717, 1.165) is 25.9 Å². The van der Waals surface area contributed by atoms with Crippen LogP contribution < -0.4 is 5.32 Å². The fraction of sp³-hybridized carbons (Fsp3) is 0.800. The van der Waals surface area contributed by atoms with Gasteiger partial charge < -0.3 is 25.5 Å². The number of hydrogen-bond donors (Lipinski definition) is 4. The van der Waals surface area contributed by atoms with Gasteiger partial charge >= 0.3 is 7.82 Å². The Kier molecular flexibility index (Phi) is 8.34. The largest absolute Gasteiger partial charge is 0.466 e. The lowest BCUT2D eigenvalue weighted by Crippen LogP contribution is -2.27. The number of carbonyl (C=O) groups is 1. The van der Waals surface area contributed by atoms with Crippen LogP contribution in [-0.2, 0) is 9.36 Å². The van der Waals surface area contributed by atoms with Crippen molar-refractivity contribution in [2.45, 2.75) is 12.8 Å². The Labute approximate surface area is 75.3 Å². The summed E-state index contributed by atoms with van der Waals surface area (Å²) in [7, 11) is -4.64. The molecule has 1 aliphatic rings. The summed E-state index contributed by atoms with van der Waals surface area (Å²) in [5.41, 5.74) is 0. The Morgan fingerprint density at radius 2 is 1.46 bits per heavy atom. The van der Waals surface area contributed by atoms with E-state index in [1.54, 1.807) is 0 Å². The van der Waals surface area contributed by atoms with E-state index in [9.17, 15) is 4.79 Å². The van der Waals surface area contributed by atoms with Gasteiger partial charge in [0.15, 0.2) is 0 Å². The molecule has 1 rings (SSSR count). The molecule has 0 bridgehead atoms. The van der Waals surface area contributed by atoms with Gasteiger partial charge in [0.05, 0.1) is 0 Å². The smallest absolute Gasteiger partial charge is 0.412 e. The summed E-state index contributed by atoms with van der Waals surface area (Å²) in [6, 6.07) is 0. The second-order valence-corrected chi connectivity index (χ2v) is 3.33. The predicted molar refractivity (Wildman–Crippen MR) is 45.0 cm³/mol. The van der Waals surface area contributed by atoms with Crippen LogP contribution in [0.4, 0.5) is 0 Å². The molecular formula is C5H14NO6P. The monoisotopic (exact) mass is 215 g/mol. The highest BCUT2D eigenvalue weighted by Crippen LogP contribution is 2.25. The molecule has 0 radical (unpaired) electrons. The van der Waals surface area contributed by atoms with Crippen LogP contribution in [0.2, 0.25) is 0 Å². The molecule has 0 saturated carbocycles. The Hall–Kier alpha value is -0.300. The molecule has 0 amide bonds. The molecule has 0 atom stereocenters. The van der Waals surface area contributed by atoms with Crippen molar-refractivity contribution < 1.29 is 29.5 Å². The van der Waals surface area contributed by atoms with Crippen molar-refractivity contribution in [1.82, 2.24) is 5.32 Å². The highest BCUT2D eigenvalue weighted by atomic mass is 31.2. The van der Waals surface area contributed by atoms with Gasteiger partial charge in [0, 0.05) is 25.9 Å². The van der Waals surface area contributed by atoms with Crippen LogP contribution in [0.1, 0.15) is 12.8 Å². The van der Waals surface area contributed by atoms with Gasteiger partial charge in [0.1, 0.15) is 5.78 Å². The number of piperidine rings is 1. The molecule has 80 valence electrons. The predicted octanol–water partition coefficient (Wildman–Crippen LogP) is -1.81. The van der Waals surface area contributed by atoms with E-state index in [1.807, 2.05) is 0 Å². The quantitative estimate of drug-likeness (QED) is 0.351. The van der Waals surface area contributed by atoms with Crippen LogP contribution >= 0.6 is 7.82 Å². The van der Waals surface area contributed by atoms with E-state index in [1.165, 1.54) is 0 Å². The first-order valence-electron chi connectivity index (χ1n) is 3.40. The topological polar surface area (TPSA) is 138 Å². The number of phosphoric acid groups is 1. The second-order valence-electron chi connectivity index (χ2n) is 2.30. The van der Waals surface area contributed by atoms with Gasteiger partial charge in [0.25, 0.3) is 0 Å². The fourth-order valence-corrected chi connectivity index (χ4v) is 0.706. The molecule has 0 aromatic carbocycles. The molecule has 0 aromatic heterocycles. The maximum Gasteiger partial charge on any atom is 0.466 e. The third-order valence-corrected chi connectivity index (χ3v) is 1.16. The zero-order valence-electron chi connectivity index (χ0n) is 6.93. The zero-order valence-corrected chi connectivity index (χ0v) is 7.83. The van der Waals surface area contributed by atoms with Crippen molar-refractivity contribution in [2.75, 3.05) is 13.1 Å². The summed E-state index contributed by atoms with van der Waals surface area (Å²) in [4.78, 5) is 32.0. The SMILES string of the molecule is O.O=C1CCNCC1.O=P(O)(O)O. The second kappa shape index (κ2) is 7.14. The van der Waals surface area contributed by atoms with E-state index >= 15 is 0 Å². The van der Waals surface area contributed by atoms with Crippen LogP contribution in [-0.4, -0.2) is 39.0 Å². The molecule has 0 spiro atoms. The summed E-state index contributed by atoms with van der Waals surface area (Å²) in [6.45, 7) is 1.78. The van der Waals surface area contributed by atoms with Gasteiger partial charge in [-0.25, -0.2) is 4.57 Å². The van der Waals surface area contributed by atoms with Crippen LogP contribution in [0.5, 0.6) is 0 Å². The first kappa shape index (κ1) is 15.2. The normalized spacial score (nSPS) is 16.7. The molecule has 0 aliphatic carbocycles. The van der Waals surface area contributed by atoms with Crippen LogP contribution in [0.3, 0.4) is 0 Å². The van der Waals surface area contributed by atoms with Gasteiger partial charge in [-0.05, 0) is 0 Å². The lowest BCUT2D eigenvalue weighted by Gasteiger charge is -2.08. The maximum absolute atomic E-state index is 10.4. The summed E-state index contributed by atoms with van der Waals surface area (Å²) in [5.74, 6) is 0.402. The average molecular weight is 215 g/mol. The lowest BCUT2D eigenvalue weighted by atomic mass is 10.1. The number of ketones is 1. The van der Waals surface area contributed by atoms with Gasteiger partial charge in [-0.1, -0.05) is 0 Å². The number of rotatable bonds is 0. The van der Waals surface area contributed by atoms with Gasteiger partial charge in [-0.15, -0.1) is 0 Å². The molecule has 13 heavy (non-hydrogen) atoms. The summed E-state index contributed by atoms with van der Waals surface area (Å²) < 4.78 is 8.88. The Bertz CT molecular complexity index is 173. The molecule has 0 aromatic rings. The molecule has 1 saturated heterocycles. The van der Waals surface area contributed by atoms with Crippen molar-refractivity contribution in [2.24, 2.45) is 0 Å². The van der Waals surface area contributed by atoms with Crippen molar-refractivity contribution in [3.63, 3.8) is 0 Å². The number of carbonyl (C=O) groups excluding carboxylic acids is 1. The molecule has 1 aliphatic heterocycles. The number of hydrogen-bond acceptors (Lipinski definition) is 3. The number of nitrogens with one attached hydrogen (secondary N) is 1. The molecule has 6 N–H and O–H groups in total. The lowest BCUT2D eigenvalue weighted by molar-refractivity contribution is -0.119. The minimum Gasteiger partial charge on any atom is -0.412 e. The van der Waals surface area contributed by atoms with Crippen molar-refractivity contribution >= 4 is 13.6 Å². The van der Waals surface area contributed by atoms with Gasteiger partial charge in [0.2, 0.25) is 0 Å². The van der Waals surface area contributed by atoms with E-state index in [0.29, 0.717) is 5.78 Å². The third-order valence-electron chi connectivity index (χ3n) is 1.16. The summed E-state index contributed by atoms with van der Waals surface area (Å²) in [5, 5.41) is 3.09. The highest BCUT2D eigenvalue weighted by Gasteiger charge is 2.04. The molecule has 7 nitrogen and oxygen atoms in total. The molecule has 0 unspecified atom stereocenters. The fourth-order valence-electron chi connectivity index (χ4n) is 0.706. The molecule has 8 heteroatoms. The first-order valence-corrected chi connectivity index (χ1v) is 4.97. The van der Waals surface area contributed by atoms with E-state index in [2.05, 4.69) is 5.32 Å².